The number of carbonyl (C=O) groups is 2. The van der Waals surface area contributed by atoms with Gasteiger partial charge in [-0.05, 0) is 32.0 Å². The Bertz CT molecular complexity index is 1070. The molecular formula is C19H17FN4O4S. The Kier molecular flexibility index (Phi) is 6.13. The summed E-state index contributed by atoms with van der Waals surface area (Å²) in [7, 11) is 1.42. The largest absolute Gasteiger partial charge is 0.496 e. The summed E-state index contributed by atoms with van der Waals surface area (Å²) in [6, 6.07) is 6.00. The number of nitrogens with one attached hydrogen (secondary N) is 1. The summed E-state index contributed by atoms with van der Waals surface area (Å²) in [6.45, 7) is 3.60. The molecule has 0 bridgehead atoms. The molecule has 0 aliphatic heterocycles. The van der Waals surface area contributed by atoms with E-state index in [1.165, 1.54) is 25.4 Å². The molecule has 8 nitrogen and oxygen atoms in total. The van der Waals surface area contributed by atoms with Gasteiger partial charge >= 0.3 is 5.97 Å². The maximum atomic E-state index is 14.6. The highest BCUT2D eigenvalue weighted by Gasteiger charge is 2.22. The van der Waals surface area contributed by atoms with Crippen molar-refractivity contribution in [3.05, 3.63) is 52.5 Å². The first-order valence-corrected chi connectivity index (χ1v) is 9.37. The zero-order chi connectivity index (χ0) is 21.0. The second-order valence-electron chi connectivity index (χ2n) is 5.78. The molecule has 0 saturated carbocycles. The zero-order valence-corrected chi connectivity index (χ0v) is 16.7. The molecule has 0 aliphatic carbocycles. The second-order valence-corrected chi connectivity index (χ2v) is 6.75. The highest BCUT2D eigenvalue weighted by atomic mass is 32.1. The van der Waals surface area contributed by atoms with Gasteiger partial charge in [0.05, 0.1) is 24.8 Å². The molecule has 0 spiro atoms. The number of aryl methyl sites for hydroxylation is 1. The number of hydrogen-bond acceptors (Lipinski definition) is 8. The zero-order valence-electron chi connectivity index (χ0n) is 15.9. The Morgan fingerprint density at radius 2 is 2.07 bits per heavy atom. The van der Waals surface area contributed by atoms with Crippen molar-refractivity contribution in [2.75, 3.05) is 19.0 Å². The van der Waals surface area contributed by atoms with Crippen molar-refractivity contribution in [2.45, 2.75) is 13.8 Å². The lowest BCUT2D eigenvalue weighted by molar-refractivity contribution is 0.0525. The molecule has 1 amide bonds. The third kappa shape index (κ3) is 4.37. The van der Waals surface area contributed by atoms with Crippen molar-refractivity contribution in [1.82, 2.24) is 15.2 Å². The van der Waals surface area contributed by atoms with Gasteiger partial charge in [-0.15, -0.1) is 10.2 Å². The number of aromatic nitrogens is 3. The number of benzene rings is 1. The monoisotopic (exact) mass is 416 g/mol. The topological polar surface area (TPSA) is 103 Å². The highest BCUT2D eigenvalue weighted by Crippen LogP contribution is 2.35. The lowest BCUT2D eigenvalue weighted by Crippen LogP contribution is -2.14. The van der Waals surface area contributed by atoms with Crippen LogP contribution in [-0.4, -0.2) is 40.8 Å². The maximum absolute atomic E-state index is 14.6. The standard InChI is InChI=1S/C19H17FN4O4S/c1-4-28-18(26)17-23-24-19(29-17)22-16(25)12-9-21-10(2)8-11(12)15-13(20)6-5-7-14(15)27-3/h5-9H,4H2,1-3H3,(H,22,24,25). The van der Waals surface area contributed by atoms with E-state index in [1.54, 1.807) is 26.0 Å². The van der Waals surface area contributed by atoms with Gasteiger partial charge in [-0.3, -0.25) is 15.1 Å². The quantitative estimate of drug-likeness (QED) is 0.614. The number of ether oxygens (including phenoxy) is 2. The summed E-state index contributed by atoms with van der Waals surface area (Å²) in [5.74, 6) is -1.46. The van der Waals surface area contributed by atoms with Crippen LogP contribution in [0.25, 0.3) is 11.1 Å². The molecule has 1 aromatic carbocycles. The van der Waals surface area contributed by atoms with Gasteiger partial charge in [0.25, 0.3) is 5.91 Å². The molecule has 0 saturated heterocycles. The van der Waals surface area contributed by atoms with Gasteiger partial charge in [0.1, 0.15) is 11.6 Å². The van der Waals surface area contributed by atoms with Gasteiger partial charge in [-0.25, -0.2) is 9.18 Å². The lowest BCUT2D eigenvalue weighted by Gasteiger charge is -2.14. The van der Waals surface area contributed by atoms with E-state index in [-0.39, 0.29) is 33.6 Å². The Hall–Kier alpha value is -3.40. The molecule has 0 fully saturated rings. The number of amides is 1. The molecule has 2 aromatic heterocycles. The van der Waals surface area contributed by atoms with Crippen LogP contribution >= 0.6 is 11.3 Å². The molecule has 29 heavy (non-hydrogen) atoms. The predicted octanol–water partition coefficient (Wildman–Crippen LogP) is 3.49. The minimum absolute atomic E-state index is 0.0141. The van der Waals surface area contributed by atoms with Gasteiger partial charge in [-0.2, -0.15) is 0 Å². The number of carbonyl (C=O) groups excluding carboxylic acids is 2. The fraction of sp³-hybridized carbons (Fsp3) is 0.211. The average molecular weight is 416 g/mol. The van der Waals surface area contributed by atoms with E-state index in [1.807, 2.05) is 0 Å². The summed E-state index contributed by atoms with van der Waals surface area (Å²) >= 11 is 0.872. The molecule has 0 atom stereocenters. The normalized spacial score (nSPS) is 10.5. The van der Waals surface area contributed by atoms with Crippen LogP contribution < -0.4 is 10.1 Å². The number of anilines is 1. The molecule has 3 rings (SSSR count). The smallest absolute Gasteiger partial charge is 0.369 e. The molecule has 1 N–H and O–H groups in total. The lowest BCUT2D eigenvalue weighted by atomic mass is 9.98. The first-order chi connectivity index (χ1) is 13.9. The second kappa shape index (κ2) is 8.74. The number of halogens is 1. The average Bonchev–Trinajstić information content (AvgIpc) is 3.16. The summed E-state index contributed by atoms with van der Waals surface area (Å²) in [6.07, 6.45) is 1.35. The number of esters is 1. The number of methoxy groups -OCH3 is 1. The van der Waals surface area contributed by atoms with Crippen molar-refractivity contribution in [2.24, 2.45) is 0 Å². The highest BCUT2D eigenvalue weighted by molar-refractivity contribution is 7.17. The van der Waals surface area contributed by atoms with Crippen molar-refractivity contribution in [1.29, 1.82) is 0 Å². The van der Waals surface area contributed by atoms with Gasteiger partial charge in [0, 0.05) is 17.5 Å². The van der Waals surface area contributed by atoms with Crippen LogP contribution in [0.15, 0.2) is 30.5 Å². The van der Waals surface area contributed by atoms with Crippen molar-refractivity contribution < 1.29 is 23.5 Å². The number of pyridine rings is 1. The minimum Gasteiger partial charge on any atom is -0.496 e. The summed E-state index contributed by atoms with van der Waals surface area (Å²) in [4.78, 5) is 28.7. The van der Waals surface area contributed by atoms with Gasteiger partial charge < -0.3 is 9.47 Å². The van der Waals surface area contributed by atoms with Crippen LogP contribution in [0, 0.1) is 12.7 Å². The Balaban J connectivity index is 1.96. The Labute approximate surface area is 169 Å². The Morgan fingerprint density at radius 3 is 2.79 bits per heavy atom. The predicted molar refractivity (Wildman–Crippen MR) is 105 cm³/mol. The fourth-order valence-corrected chi connectivity index (χ4v) is 3.23. The third-order valence-corrected chi connectivity index (χ3v) is 4.66. The van der Waals surface area contributed by atoms with Gasteiger partial charge in [0.2, 0.25) is 10.1 Å². The number of rotatable bonds is 6. The minimum atomic E-state index is -0.626. The number of hydrogen-bond donors (Lipinski definition) is 1. The molecule has 150 valence electrons. The van der Waals surface area contributed by atoms with Gasteiger partial charge in [0.15, 0.2) is 0 Å². The maximum Gasteiger partial charge on any atom is 0.369 e. The van der Waals surface area contributed by atoms with Crippen LogP contribution in [0.2, 0.25) is 0 Å². The van der Waals surface area contributed by atoms with Crippen molar-refractivity contribution in [3.63, 3.8) is 0 Å². The summed E-state index contributed by atoms with van der Waals surface area (Å²) in [5.41, 5.74) is 1.18. The summed E-state index contributed by atoms with van der Waals surface area (Å²) in [5, 5.41) is 10.1. The molecule has 10 heteroatoms. The summed E-state index contributed by atoms with van der Waals surface area (Å²) < 4.78 is 24.7. The molecule has 0 aliphatic rings. The van der Waals surface area contributed by atoms with E-state index in [9.17, 15) is 14.0 Å². The third-order valence-electron chi connectivity index (χ3n) is 3.85. The first kappa shape index (κ1) is 20.3. The first-order valence-electron chi connectivity index (χ1n) is 8.56. The fourth-order valence-electron chi connectivity index (χ4n) is 2.60. The molecular weight excluding hydrogens is 399 g/mol. The van der Waals surface area contributed by atoms with Crippen LogP contribution in [0.5, 0.6) is 5.75 Å². The Morgan fingerprint density at radius 1 is 1.28 bits per heavy atom. The van der Waals surface area contributed by atoms with Gasteiger partial charge in [-0.1, -0.05) is 17.4 Å². The van der Waals surface area contributed by atoms with E-state index in [0.29, 0.717) is 11.3 Å². The number of nitrogens with zero attached hydrogens (tertiary/aromatic N) is 3. The van der Waals surface area contributed by atoms with E-state index in [2.05, 4.69) is 20.5 Å². The van der Waals surface area contributed by atoms with Crippen molar-refractivity contribution >= 4 is 28.3 Å². The van der Waals surface area contributed by atoms with Crippen LogP contribution in [0.3, 0.4) is 0 Å². The van der Waals surface area contributed by atoms with Crippen LogP contribution in [0.4, 0.5) is 9.52 Å². The molecule has 0 unspecified atom stereocenters. The molecule has 3 aromatic rings. The van der Waals surface area contributed by atoms with E-state index >= 15 is 0 Å². The van der Waals surface area contributed by atoms with E-state index in [4.69, 9.17) is 9.47 Å². The molecule has 2 heterocycles. The van der Waals surface area contributed by atoms with Crippen molar-refractivity contribution in [3.8, 4) is 16.9 Å². The SMILES string of the molecule is CCOC(=O)c1nnc(NC(=O)c2cnc(C)cc2-c2c(F)cccc2OC)s1. The molecule has 0 radical (unpaired) electrons. The van der Waals surface area contributed by atoms with E-state index < -0.39 is 17.7 Å². The van der Waals surface area contributed by atoms with E-state index in [0.717, 1.165) is 11.3 Å². The van der Waals surface area contributed by atoms with Crippen LogP contribution in [-0.2, 0) is 4.74 Å². The van der Waals surface area contributed by atoms with Crippen LogP contribution in [0.1, 0.15) is 32.8 Å².